The Bertz CT molecular complexity index is 657. The summed E-state index contributed by atoms with van der Waals surface area (Å²) in [6.07, 6.45) is 0. The Morgan fingerprint density at radius 2 is 1.95 bits per heavy atom. The van der Waals surface area contributed by atoms with Crippen molar-refractivity contribution in [2.24, 2.45) is 0 Å². The van der Waals surface area contributed by atoms with Crippen molar-refractivity contribution in [3.05, 3.63) is 52.9 Å². The molecular weight excluding hydrogens is 278 g/mol. The lowest BCUT2D eigenvalue weighted by atomic mass is 10.1. The molecule has 2 heterocycles. The van der Waals surface area contributed by atoms with Crippen LogP contribution in [0.15, 0.2) is 34.9 Å². The largest absolute Gasteiger partial charge is 0.360 e. The molecule has 0 bridgehead atoms. The van der Waals surface area contributed by atoms with Crippen LogP contribution in [0, 0.1) is 13.8 Å². The molecule has 1 aromatic heterocycles. The van der Waals surface area contributed by atoms with Gasteiger partial charge < -0.3 is 9.42 Å². The number of rotatable bonds is 3. The van der Waals surface area contributed by atoms with Gasteiger partial charge in [0.25, 0.3) is 5.91 Å². The molecule has 116 valence electrons. The van der Waals surface area contributed by atoms with Crippen LogP contribution in [-0.4, -0.2) is 47.0 Å². The predicted molar refractivity (Wildman–Crippen MR) is 83.6 cm³/mol. The Morgan fingerprint density at radius 1 is 1.18 bits per heavy atom. The standard InChI is InChI=1S/C17H21N3O2/c1-13-4-3-5-15(10-13)17(21)20-8-6-19(7-9-20)12-16-11-14(2)18-22-16/h3-5,10-11H,6-9,12H2,1-2H3. The van der Waals surface area contributed by atoms with Crippen molar-refractivity contribution < 1.29 is 9.32 Å². The van der Waals surface area contributed by atoms with E-state index in [9.17, 15) is 4.79 Å². The smallest absolute Gasteiger partial charge is 0.253 e. The van der Waals surface area contributed by atoms with Crippen LogP contribution in [0.25, 0.3) is 0 Å². The van der Waals surface area contributed by atoms with Crippen molar-refractivity contribution in [3.63, 3.8) is 0 Å². The number of aromatic nitrogens is 1. The monoisotopic (exact) mass is 299 g/mol. The summed E-state index contributed by atoms with van der Waals surface area (Å²) < 4.78 is 5.25. The quantitative estimate of drug-likeness (QED) is 0.872. The number of amides is 1. The van der Waals surface area contributed by atoms with Crippen LogP contribution in [0.2, 0.25) is 0 Å². The molecule has 5 nitrogen and oxygen atoms in total. The third-order valence-electron chi connectivity index (χ3n) is 3.98. The van der Waals surface area contributed by atoms with Crippen LogP contribution in [0.5, 0.6) is 0 Å². The Morgan fingerprint density at radius 3 is 2.59 bits per heavy atom. The van der Waals surface area contributed by atoms with E-state index in [1.807, 2.05) is 49.1 Å². The third-order valence-corrected chi connectivity index (χ3v) is 3.98. The molecule has 0 radical (unpaired) electrons. The van der Waals surface area contributed by atoms with Crippen molar-refractivity contribution in [1.82, 2.24) is 15.0 Å². The first-order valence-electron chi connectivity index (χ1n) is 7.62. The second-order valence-electron chi connectivity index (χ2n) is 5.87. The molecule has 0 aliphatic carbocycles. The van der Waals surface area contributed by atoms with Gasteiger partial charge in [-0.3, -0.25) is 9.69 Å². The molecular formula is C17H21N3O2. The summed E-state index contributed by atoms with van der Waals surface area (Å²) in [6, 6.07) is 9.74. The molecule has 0 atom stereocenters. The van der Waals surface area contributed by atoms with Crippen molar-refractivity contribution in [3.8, 4) is 0 Å². The van der Waals surface area contributed by atoms with Gasteiger partial charge in [-0.2, -0.15) is 0 Å². The van der Waals surface area contributed by atoms with Crippen molar-refractivity contribution in [2.75, 3.05) is 26.2 Å². The van der Waals surface area contributed by atoms with Gasteiger partial charge in [-0.15, -0.1) is 0 Å². The van der Waals surface area contributed by atoms with Crippen LogP contribution >= 0.6 is 0 Å². The molecule has 5 heteroatoms. The molecule has 0 unspecified atom stereocenters. The van der Waals surface area contributed by atoms with Crippen LogP contribution in [0.1, 0.15) is 27.4 Å². The van der Waals surface area contributed by atoms with E-state index in [2.05, 4.69) is 10.1 Å². The van der Waals surface area contributed by atoms with Gasteiger partial charge in [0.15, 0.2) is 5.76 Å². The maximum atomic E-state index is 12.5. The molecule has 1 amide bonds. The lowest BCUT2D eigenvalue weighted by Crippen LogP contribution is -2.48. The molecule has 0 N–H and O–H groups in total. The third kappa shape index (κ3) is 3.36. The molecule has 1 saturated heterocycles. The second kappa shape index (κ2) is 6.32. The fraction of sp³-hybridized carbons (Fsp3) is 0.412. The number of carbonyl (C=O) groups excluding carboxylic acids is 1. The number of piperazine rings is 1. The maximum Gasteiger partial charge on any atom is 0.253 e. The summed E-state index contributed by atoms with van der Waals surface area (Å²) in [5, 5.41) is 3.91. The van der Waals surface area contributed by atoms with Gasteiger partial charge >= 0.3 is 0 Å². The highest BCUT2D eigenvalue weighted by Crippen LogP contribution is 2.13. The molecule has 1 aliphatic rings. The second-order valence-corrected chi connectivity index (χ2v) is 5.87. The topological polar surface area (TPSA) is 49.6 Å². The van der Waals surface area contributed by atoms with Gasteiger partial charge in [-0.05, 0) is 26.0 Å². The molecule has 1 aliphatic heterocycles. The van der Waals surface area contributed by atoms with E-state index in [-0.39, 0.29) is 5.91 Å². The van der Waals surface area contributed by atoms with E-state index >= 15 is 0 Å². The van der Waals surface area contributed by atoms with E-state index < -0.39 is 0 Å². The normalized spacial score (nSPS) is 16.0. The van der Waals surface area contributed by atoms with E-state index in [1.54, 1.807) is 0 Å². The van der Waals surface area contributed by atoms with E-state index in [0.717, 1.165) is 55.3 Å². The van der Waals surface area contributed by atoms with Crippen LogP contribution < -0.4 is 0 Å². The highest BCUT2D eigenvalue weighted by atomic mass is 16.5. The highest BCUT2D eigenvalue weighted by molar-refractivity contribution is 5.94. The van der Waals surface area contributed by atoms with E-state index in [1.165, 1.54) is 0 Å². The lowest BCUT2D eigenvalue weighted by Gasteiger charge is -2.34. The minimum Gasteiger partial charge on any atom is -0.360 e. The molecule has 3 rings (SSSR count). The van der Waals surface area contributed by atoms with Gasteiger partial charge in [0.1, 0.15) is 0 Å². The molecule has 22 heavy (non-hydrogen) atoms. The zero-order valence-electron chi connectivity index (χ0n) is 13.1. The average molecular weight is 299 g/mol. The Kier molecular flexibility index (Phi) is 4.24. The SMILES string of the molecule is Cc1cccc(C(=O)N2CCN(Cc3cc(C)no3)CC2)c1. The summed E-state index contributed by atoms with van der Waals surface area (Å²) in [4.78, 5) is 16.7. The highest BCUT2D eigenvalue weighted by Gasteiger charge is 2.22. The molecule has 0 spiro atoms. The molecule has 1 aromatic carbocycles. The number of benzene rings is 1. The van der Waals surface area contributed by atoms with Gasteiger partial charge in [-0.25, -0.2) is 0 Å². The Hall–Kier alpha value is -2.14. The van der Waals surface area contributed by atoms with Crippen molar-refractivity contribution in [1.29, 1.82) is 0 Å². The van der Waals surface area contributed by atoms with E-state index in [4.69, 9.17) is 4.52 Å². The summed E-state index contributed by atoms with van der Waals surface area (Å²) in [5.74, 6) is 1.01. The van der Waals surface area contributed by atoms with E-state index in [0.29, 0.717) is 0 Å². The van der Waals surface area contributed by atoms with Crippen LogP contribution in [0.4, 0.5) is 0 Å². The zero-order chi connectivity index (χ0) is 15.5. The molecule has 0 saturated carbocycles. The number of carbonyl (C=O) groups is 1. The summed E-state index contributed by atoms with van der Waals surface area (Å²) >= 11 is 0. The lowest BCUT2D eigenvalue weighted by molar-refractivity contribution is 0.0617. The van der Waals surface area contributed by atoms with Crippen LogP contribution in [-0.2, 0) is 6.54 Å². The minimum atomic E-state index is 0.124. The molecule has 2 aromatic rings. The average Bonchev–Trinajstić information content (AvgIpc) is 2.92. The summed E-state index contributed by atoms with van der Waals surface area (Å²) in [6.45, 7) is 7.90. The zero-order valence-corrected chi connectivity index (χ0v) is 13.1. The number of hydrogen-bond acceptors (Lipinski definition) is 4. The fourth-order valence-corrected chi connectivity index (χ4v) is 2.78. The first kappa shape index (κ1) is 14.8. The van der Waals surface area contributed by atoms with Crippen molar-refractivity contribution in [2.45, 2.75) is 20.4 Å². The first-order valence-corrected chi connectivity index (χ1v) is 7.62. The van der Waals surface area contributed by atoms with Gasteiger partial charge in [0, 0.05) is 37.8 Å². The predicted octanol–water partition coefficient (Wildman–Crippen LogP) is 2.25. The molecule has 1 fully saturated rings. The van der Waals surface area contributed by atoms with Gasteiger partial charge in [0.05, 0.1) is 12.2 Å². The first-order chi connectivity index (χ1) is 10.6. The van der Waals surface area contributed by atoms with Gasteiger partial charge in [0.2, 0.25) is 0 Å². The fourth-order valence-electron chi connectivity index (χ4n) is 2.78. The Balaban J connectivity index is 1.56. The number of hydrogen-bond donors (Lipinski definition) is 0. The maximum absolute atomic E-state index is 12.5. The summed E-state index contributed by atoms with van der Waals surface area (Å²) in [7, 11) is 0. The van der Waals surface area contributed by atoms with Gasteiger partial charge in [-0.1, -0.05) is 22.9 Å². The van der Waals surface area contributed by atoms with Crippen molar-refractivity contribution >= 4 is 5.91 Å². The van der Waals surface area contributed by atoms with Crippen LogP contribution in [0.3, 0.4) is 0 Å². The summed E-state index contributed by atoms with van der Waals surface area (Å²) in [5.41, 5.74) is 2.80. The number of aryl methyl sites for hydroxylation is 2. The Labute approximate surface area is 130 Å². The minimum absolute atomic E-state index is 0.124. The number of nitrogens with zero attached hydrogens (tertiary/aromatic N) is 3.